The van der Waals surface area contributed by atoms with Gasteiger partial charge in [-0.05, 0) is 0 Å². The van der Waals surface area contributed by atoms with Crippen LogP contribution in [0.5, 0.6) is 0 Å². The second kappa shape index (κ2) is 7.22. The molecule has 22 heavy (non-hydrogen) atoms. The molecule has 0 saturated carbocycles. The zero-order valence-electron chi connectivity index (χ0n) is 12.0. The van der Waals surface area contributed by atoms with E-state index in [9.17, 15) is 4.39 Å². The van der Waals surface area contributed by atoms with E-state index in [1.807, 2.05) is 24.3 Å². The molecule has 0 nitrogen and oxygen atoms in total. The van der Waals surface area contributed by atoms with Gasteiger partial charge in [-0.1, -0.05) is 0 Å². The molecule has 3 aromatic carbocycles. The number of rotatable bonds is 4. The standard InChI is InChI=1S/C20H16FSe/c21-18-13-11-17(12-14-18)15-16-22(19-7-3-1-4-8-19)20-9-5-2-6-10-20/h1-16H/q+1/b16-15+. The summed E-state index contributed by atoms with van der Waals surface area (Å²) in [4.78, 5) is 2.29. The van der Waals surface area contributed by atoms with Crippen LogP contribution in [0.3, 0.4) is 0 Å². The van der Waals surface area contributed by atoms with Crippen LogP contribution in [-0.2, 0) is 0 Å². The second-order valence-electron chi connectivity index (χ2n) is 4.82. The third-order valence-corrected chi connectivity index (χ3v) is 7.39. The van der Waals surface area contributed by atoms with Gasteiger partial charge in [-0.2, -0.15) is 0 Å². The topological polar surface area (TPSA) is 0 Å². The summed E-state index contributed by atoms with van der Waals surface area (Å²) >= 11 is -1.25. The molecule has 0 atom stereocenters. The van der Waals surface area contributed by atoms with Gasteiger partial charge in [0.05, 0.1) is 0 Å². The molecule has 0 aliphatic carbocycles. The first kappa shape index (κ1) is 14.8. The molecule has 0 saturated heterocycles. The summed E-state index contributed by atoms with van der Waals surface area (Å²) in [6.07, 6.45) is 2.10. The van der Waals surface area contributed by atoms with Gasteiger partial charge in [0.15, 0.2) is 0 Å². The molecule has 0 bridgehead atoms. The van der Waals surface area contributed by atoms with Crippen molar-refractivity contribution in [3.8, 4) is 0 Å². The van der Waals surface area contributed by atoms with E-state index in [-0.39, 0.29) is 5.82 Å². The third kappa shape index (κ3) is 3.73. The molecule has 0 aromatic heterocycles. The van der Waals surface area contributed by atoms with E-state index in [1.54, 1.807) is 0 Å². The molecule has 0 radical (unpaired) electrons. The van der Waals surface area contributed by atoms with E-state index in [2.05, 4.69) is 59.6 Å². The van der Waals surface area contributed by atoms with Crippen LogP contribution in [-0.4, -0.2) is 13.9 Å². The van der Waals surface area contributed by atoms with E-state index in [0.717, 1.165) is 5.56 Å². The first-order valence-corrected chi connectivity index (χ1v) is 9.80. The number of hydrogen-bond donors (Lipinski definition) is 0. The van der Waals surface area contributed by atoms with Crippen LogP contribution >= 0.6 is 0 Å². The van der Waals surface area contributed by atoms with Gasteiger partial charge in [-0.15, -0.1) is 0 Å². The fourth-order valence-corrected chi connectivity index (χ4v) is 5.88. The third-order valence-electron chi connectivity index (χ3n) is 3.26. The van der Waals surface area contributed by atoms with Crippen molar-refractivity contribution >= 4 is 28.9 Å². The molecular weight excluding hydrogens is 338 g/mol. The molecule has 0 heterocycles. The van der Waals surface area contributed by atoms with Crippen LogP contribution in [0, 0.1) is 5.82 Å². The number of benzene rings is 3. The average molecular weight is 354 g/mol. The molecule has 0 unspecified atom stereocenters. The maximum absolute atomic E-state index is 13.0. The fourth-order valence-electron chi connectivity index (χ4n) is 2.15. The Hall–Kier alpha value is -2.15. The molecule has 0 aliphatic heterocycles. The molecule has 0 aliphatic rings. The minimum absolute atomic E-state index is 0.198. The van der Waals surface area contributed by atoms with E-state index >= 15 is 0 Å². The van der Waals surface area contributed by atoms with E-state index in [1.165, 1.54) is 21.1 Å². The van der Waals surface area contributed by atoms with Gasteiger partial charge in [0.25, 0.3) is 0 Å². The molecule has 0 amide bonds. The Morgan fingerprint density at radius 3 is 1.64 bits per heavy atom. The molecule has 3 aromatic rings. The molecule has 0 N–H and O–H groups in total. The summed E-state index contributed by atoms with van der Waals surface area (Å²) in [6.45, 7) is 0. The van der Waals surface area contributed by atoms with Gasteiger partial charge in [0.1, 0.15) is 0 Å². The predicted molar refractivity (Wildman–Crippen MR) is 93.3 cm³/mol. The quantitative estimate of drug-likeness (QED) is 0.627. The van der Waals surface area contributed by atoms with Gasteiger partial charge >= 0.3 is 135 Å². The van der Waals surface area contributed by atoms with Crippen molar-refractivity contribution in [1.29, 1.82) is 0 Å². The Balaban J connectivity index is 1.94. The van der Waals surface area contributed by atoms with Crippen molar-refractivity contribution in [2.45, 2.75) is 0 Å². The molecule has 0 spiro atoms. The van der Waals surface area contributed by atoms with Crippen LogP contribution in [0.15, 0.2) is 89.9 Å². The summed E-state index contributed by atoms with van der Waals surface area (Å²) in [5, 5.41) is 0. The van der Waals surface area contributed by atoms with Crippen LogP contribution < -0.4 is 8.92 Å². The monoisotopic (exact) mass is 355 g/mol. The van der Waals surface area contributed by atoms with E-state index in [4.69, 9.17) is 0 Å². The Bertz CT molecular complexity index is 694. The van der Waals surface area contributed by atoms with E-state index < -0.39 is 13.9 Å². The molecule has 0 fully saturated rings. The van der Waals surface area contributed by atoms with Crippen molar-refractivity contribution in [1.82, 2.24) is 0 Å². The first-order valence-electron chi connectivity index (χ1n) is 7.10. The van der Waals surface area contributed by atoms with Crippen molar-refractivity contribution < 1.29 is 4.39 Å². The van der Waals surface area contributed by atoms with Crippen LogP contribution in [0.4, 0.5) is 4.39 Å². The maximum atomic E-state index is 13.0. The van der Waals surface area contributed by atoms with Gasteiger partial charge in [0.2, 0.25) is 0 Å². The van der Waals surface area contributed by atoms with Crippen molar-refractivity contribution in [3.05, 3.63) is 101 Å². The Morgan fingerprint density at radius 1 is 0.636 bits per heavy atom. The zero-order valence-corrected chi connectivity index (χ0v) is 13.7. The molecular formula is C20H16FSe+. The number of hydrogen-bond acceptors (Lipinski definition) is 0. The summed E-state index contributed by atoms with van der Waals surface area (Å²) in [6, 6.07) is 27.8. The van der Waals surface area contributed by atoms with E-state index in [0.29, 0.717) is 0 Å². The van der Waals surface area contributed by atoms with Gasteiger partial charge in [-0.3, -0.25) is 0 Å². The van der Waals surface area contributed by atoms with Crippen LogP contribution in [0.1, 0.15) is 5.56 Å². The summed E-state index contributed by atoms with van der Waals surface area (Å²) < 4.78 is 15.7. The Morgan fingerprint density at radius 2 is 1.14 bits per heavy atom. The SMILES string of the molecule is Fc1ccc(/C=C/[Se+](c2ccccc2)c2ccccc2)cc1. The van der Waals surface area contributed by atoms with Crippen molar-refractivity contribution in [2.24, 2.45) is 0 Å². The predicted octanol–water partition coefficient (Wildman–Crippen LogP) is 3.69. The van der Waals surface area contributed by atoms with Crippen molar-refractivity contribution in [2.75, 3.05) is 0 Å². The van der Waals surface area contributed by atoms with Gasteiger partial charge < -0.3 is 0 Å². The normalized spacial score (nSPS) is 11.2. The fraction of sp³-hybridized carbons (Fsp3) is 0. The van der Waals surface area contributed by atoms with Gasteiger partial charge in [0, 0.05) is 0 Å². The second-order valence-corrected chi connectivity index (χ2v) is 8.78. The summed E-state index contributed by atoms with van der Waals surface area (Å²) in [5.41, 5.74) is 1.03. The Labute approximate surface area is 134 Å². The number of halogens is 1. The summed E-state index contributed by atoms with van der Waals surface area (Å²) in [5.74, 6) is -0.198. The molecule has 3 rings (SSSR count). The minimum atomic E-state index is -1.25. The molecule has 108 valence electrons. The van der Waals surface area contributed by atoms with Crippen molar-refractivity contribution in [3.63, 3.8) is 0 Å². The average Bonchev–Trinajstić information content (AvgIpc) is 2.59. The first-order chi connectivity index (χ1) is 10.8. The molecule has 2 heteroatoms. The zero-order chi connectivity index (χ0) is 15.2. The Kier molecular flexibility index (Phi) is 4.85. The van der Waals surface area contributed by atoms with Crippen LogP contribution in [0.2, 0.25) is 0 Å². The van der Waals surface area contributed by atoms with Crippen LogP contribution in [0.25, 0.3) is 6.08 Å². The van der Waals surface area contributed by atoms with Gasteiger partial charge in [-0.25, -0.2) is 0 Å². The summed E-state index contributed by atoms with van der Waals surface area (Å²) in [7, 11) is 0.